The number of esters is 1. The summed E-state index contributed by atoms with van der Waals surface area (Å²) in [4.78, 5) is 11.7. The van der Waals surface area contributed by atoms with Crippen molar-refractivity contribution < 1.29 is 14.1 Å². The van der Waals surface area contributed by atoms with Crippen LogP contribution in [0.15, 0.2) is 29.0 Å². The van der Waals surface area contributed by atoms with E-state index in [1.54, 1.807) is 20.9 Å². The molecule has 0 fully saturated rings. The highest BCUT2D eigenvalue weighted by Crippen LogP contribution is 2.42. The van der Waals surface area contributed by atoms with Gasteiger partial charge in [0.05, 0.1) is 6.61 Å². The Labute approximate surface area is 120 Å². The number of aryl methyl sites for hydroxylation is 1. The van der Waals surface area contributed by atoms with Gasteiger partial charge in [0, 0.05) is 13.7 Å². The first kappa shape index (κ1) is 16.7. The summed E-state index contributed by atoms with van der Waals surface area (Å²) in [5, 5.41) is 3.14. The minimum absolute atomic E-state index is 0.296. The van der Waals surface area contributed by atoms with E-state index >= 15 is 0 Å². The molecule has 0 bridgehead atoms. The number of ether oxygens (including phenoxy) is 1. The van der Waals surface area contributed by atoms with Gasteiger partial charge in [-0.05, 0) is 32.9 Å². The lowest BCUT2D eigenvalue weighted by Gasteiger charge is -2.24. The third-order valence-corrected chi connectivity index (χ3v) is 4.96. The van der Waals surface area contributed by atoms with Gasteiger partial charge in [-0.2, -0.15) is 0 Å². The van der Waals surface area contributed by atoms with Crippen LogP contribution in [-0.4, -0.2) is 32.3 Å². The molecule has 0 aliphatic rings. The van der Waals surface area contributed by atoms with Crippen molar-refractivity contribution in [2.45, 2.75) is 26.8 Å². The van der Waals surface area contributed by atoms with Gasteiger partial charge in [-0.3, -0.25) is 9.54 Å². The highest BCUT2D eigenvalue weighted by Gasteiger charge is 2.22. The van der Waals surface area contributed by atoms with E-state index in [2.05, 4.69) is 9.83 Å². The fourth-order valence-corrected chi connectivity index (χ4v) is 3.21. The summed E-state index contributed by atoms with van der Waals surface area (Å²) in [5.74, 6) is 0.440. The maximum Gasteiger partial charge on any atom is 0.323 e. The molecular weight excluding hydrogens is 275 g/mol. The summed E-state index contributed by atoms with van der Waals surface area (Å²) in [6.07, 6.45) is 0. The minimum atomic E-state index is -2.25. The quantitative estimate of drug-likeness (QED) is 0.647. The van der Waals surface area contributed by atoms with Crippen molar-refractivity contribution in [3.05, 3.63) is 29.8 Å². The molecule has 0 spiro atoms. The number of rotatable bonds is 6. The van der Waals surface area contributed by atoms with E-state index in [-0.39, 0.29) is 5.97 Å². The monoisotopic (exact) mass is 298 g/mol. The highest BCUT2D eigenvalue weighted by atomic mass is 31.2. The molecule has 1 aromatic rings. The zero-order valence-corrected chi connectivity index (χ0v) is 13.6. The highest BCUT2D eigenvalue weighted by molar-refractivity contribution is 7.59. The van der Waals surface area contributed by atoms with Gasteiger partial charge >= 0.3 is 5.97 Å². The first-order valence-electron chi connectivity index (χ1n) is 6.58. The average molecular weight is 298 g/mol. The Kier molecular flexibility index (Phi) is 6.24. The second-order valence-electron chi connectivity index (χ2n) is 4.59. The molecule has 6 heteroatoms. The first-order valence-corrected chi connectivity index (χ1v) is 8.69. The molecule has 2 unspecified atom stereocenters. The Balaban J connectivity index is 2.77. The van der Waals surface area contributed by atoms with Crippen LogP contribution in [0.25, 0.3) is 0 Å². The Hall–Kier alpha value is -1.32. The van der Waals surface area contributed by atoms with Crippen LogP contribution in [0, 0.1) is 6.92 Å². The Bertz CT molecular complexity index is 500. The standard InChI is InChI=1S/C14H23N2O3P/c1-6-18-14(17)12(3)16-20(5,15-4)19-13-9-7-11(2)8-10-13/h7-10,12,16H,6H2,1-5H3. The normalized spacial score (nSPS) is 15.1. The molecule has 1 rings (SSSR count). The van der Waals surface area contributed by atoms with Gasteiger partial charge in [-0.1, -0.05) is 17.7 Å². The van der Waals surface area contributed by atoms with Crippen molar-refractivity contribution in [3.63, 3.8) is 0 Å². The zero-order valence-electron chi connectivity index (χ0n) is 12.7. The molecule has 20 heavy (non-hydrogen) atoms. The van der Waals surface area contributed by atoms with Crippen LogP contribution in [0.4, 0.5) is 0 Å². The molecular formula is C14H23N2O3P. The number of carbonyl (C=O) groups excluding carboxylic acids is 1. The van der Waals surface area contributed by atoms with Gasteiger partial charge in [0.15, 0.2) is 7.43 Å². The van der Waals surface area contributed by atoms with Crippen LogP contribution in [-0.2, 0) is 9.53 Å². The van der Waals surface area contributed by atoms with Crippen molar-refractivity contribution in [1.82, 2.24) is 5.09 Å². The molecule has 1 aromatic carbocycles. The number of nitrogens with zero attached hydrogens (tertiary/aromatic N) is 1. The van der Waals surface area contributed by atoms with E-state index < -0.39 is 13.5 Å². The smallest absolute Gasteiger partial charge is 0.323 e. The fourth-order valence-electron chi connectivity index (χ4n) is 1.61. The number of hydrogen-bond donors (Lipinski definition) is 1. The van der Waals surface area contributed by atoms with Crippen molar-refractivity contribution in [2.75, 3.05) is 20.3 Å². The predicted molar refractivity (Wildman–Crippen MR) is 82.2 cm³/mol. The lowest BCUT2D eigenvalue weighted by molar-refractivity contribution is -0.144. The molecule has 2 atom stereocenters. The lowest BCUT2D eigenvalue weighted by atomic mass is 10.2. The van der Waals surface area contributed by atoms with Crippen LogP contribution in [0.5, 0.6) is 5.75 Å². The van der Waals surface area contributed by atoms with Crippen LogP contribution < -0.4 is 9.61 Å². The first-order chi connectivity index (χ1) is 9.40. The number of nitrogens with one attached hydrogen (secondary N) is 1. The number of hydrogen-bond acceptors (Lipinski definition) is 4. The molecule has 0 aliphatic heterocycles. The van der Waals surface area contributed by atoms with E-state index in [0.717, 1.165) is 5.75 Å². The SMILES string of the molecule is CCOC(=O)C(C)NP(C)(=NC)Oc1ccc(C)cc1. The molecule has 5 nitrogen and oxygen atoms in total. The van der Waals surface area contributed by atoms with Crippen LogP contribution in [0.2, 0.25) is 0 Å². The third kappa shape index (κ3) is 4.99. The number of benzene rings is 1. The second-order valence-corrected chi connectivity index (χ2v) is 7.19. The van der Waals surface area contributed by atoms with Crippen molar-refractivity contribution in [3.8, 4) is 5.75 Å². The topological polar surface area (TPSA) is 59.9 Å². The van der Waals surface area contributed by atoms with Gasteiger partial charge in [0.1, 0.15) is 11.8 Å². The Morgan fingerprint density at radius 1 is 1.40 bits per heavy atom. The number of carbonyl (C=O) groups is 1. The van der Waals surface area contributed by atoms with E-state index in [0.29, 0.717) is 6.61 Å². The van der Waals surface area contributed by atoms with Crippen LogP contribution in [0.1, 0.15) is 19.4 Å². The summed E-state index contributed by atoms with van der Waals surface area (Å²) in [7, 11) is -0.559. The summed E-state index contributed by atoms with van der Waals surface area (Å²) >= 11 is 0. The summed E-state index contributed by atoms with van der Waals surface area (Å²) in [6, 6.07) is 7.29. The molecule has 0 aromatic heterocycles. The average Bonchev–Trinajstić information content (AvgIpc) is 2.41. The molecule has 0 saturated heterocycles. The fraction of sp³-hybridized carbons (Fsp3) is 0.500. The maximum atomic E-state index is 11.7. The van der Waals surface area contributed by atoms with Gasteiger partial charge in [-0.25, -0.2) is 5.09 Å². The third-order valence-electron chi connectivity index (χ3n) is 2.76. The van der Waals surface area contributed by atoms with Gasteiger partial charge in [0.25, 0.3) is 0 Å². The lowest BCUT2D eigenvalue weighted by Crippen LogP contribution is -2.34. The molecule has 0 heterocycles. The predicted octanol–water partition coefficient (Wildman–Crippen LogP) is 3.21. The molecule has 0 amide bonds. The Morgan fingerprint density at radius 3 is 2.50 bits per heavy atom. The van der Waals surface area contributed by atoms with Gasteiger partial charge in [0.2, 0.25) is 0 Å². The molecule has 1 N–H and O–H groups in total. The van der Waals surface area contributed by atoms with E-state index in [1.165, 1.54) is 5.56 Å². The van der Waals surface area contributed by atoms with E-state index in [1.807, 2.05) is 37.9 Å². The maximum absolute atomic E-state index is 11.7. The summed E-state index contributed by atoms with van der Waals surface area (Å²) in [6.45, 7) is 7.79. The zero-order chi connectivity index (χ0) is 15.2. The van der Waals surface area contributed by atoms with Crippen LogP contribution >= 0.6 is 7.43 Å². The molecule has 0 saturated carbocycles. The molecule has 112 valence electrons. The van der Waals surface area contributed by atoms with Gasteiger partial charge in [-0.15, -0.1) is 0 Å². The molecule has 0 aliphatic carbocycles. The van der Waals surface area contributed by atoms with E-state index in [4.69, 9.17) is 9.26 Å². The van der Waals surface area contributed by atoms with Crippen molar-refractivity contribution in [1.29, 1.82) is 0 Å². The van der Waals surface area contributed by atoms with Crippen molar-refractivity contribution >= 4 is 13.4 Å². The van der Waals surface area contributed by atoms with Gasteiger partial charge < -0.3 is 9.26 Å². The van der Waals surface area contributed by atoms with E-state index in [9.17, 15) is 4.79 Å². The van der Waals surface area contributed by atoms with Crippen LogP contribution in [0.3, 0.4) is 0 Å². The molecule has 0 radical (unpaired) electrons. The summed E-state index contributed by atoms with van der Waals surface area (Å²) in [5.41, 5.74) is 1.17. The van der Waals surface area contributed by atoms with Crippen molar-refractivity contribution in [2.24, 2.45) is 4.74 Å². The Morgan fingerprint density at radius 2 is 2.00 bits per heavy atom. The minimum Gasteiger partial charge on any atom is -0.465 e. The summed E-state index contributed by atoms with van der Waals surface area (Å²) < 4.78 is 15.2. The largest absolute Gasteiger partial charge is 0.465 e. The second kappa shape index (κ2) is 7.46.